The number of rotatable bonds is 2. The van der Waals surface area contributed by atoms with Gasteiger partial charge in [-0.15, -0.1) is 11.3 Å². The van der Waals surface area contributed by atoms with Crippen LogP contribution in [0.15, 0.2) is 14.3 Å². The zero-order valence-electron chi connectivity index (χ0n) is 10.8. The summed E-state index contributed by atoms with van der Waals surface area (Å²) in [5.74, 6) is 2.36. The maximum atomic E-state index is 12.7. The first kappa shape index (κ1) is 14.3. The van der Waals surface area contributed by atoms with Crippen LogP contribution in [0, 0.1) is 17.8 Å². The highest BCUT2D eigenvalue weighted by molar-refractivity contribution is 9.13. The molecule has 2 saturated carbocycles. The Hall–Kier alpha value is 0.330. The van der Waals surface area contributed by atoms with E-state index >= 15 is 0 Å². The molecule has 1 aromatic rings. The van der Waals surface area contributed by atoms with E-state index in [1.165, 1.54) is 32.1 Å². The standard InChI is InChI=1S/C15H18Br2OS/c16-12-8-19-15(13(12)17)14(18)11-6-5-9-3-1-2-4-10(9)7-11/h8-11H,1-7H2. The summed E-state index contributed by atoms with van der Waals surface area (Å²) in [7, 11) is 0. The molecule has 0 aliphatic heterocycles. The van der Waals surface area contributed by atoms with Gasteiger partial charge in [0, 0.05) is 15.8 Å². The molecule has 0 bridgehead atoms. The van der Waals surface area contributed by atoms with Crippen LogP contribution in [-0.4, -0.2) is 5.78 Å². The van der Waals surface area contributed by atoms with Gasteiger partial charge in [0.05, 0.1) is 9.35 Å². The molecule has 3 atom stereocenters. The number of carbonyl (C=O) groups excluding carboxylic acids is 1. The van der Waals surface area contributed by atoms with Crippen LogP contribution in [0.5, 0.6) is 0 Å². The lowest BCUT2D eigenvalue weighted by Gasteiger charge is -2.38. The summed E-state index contributed by atoms with van der Waals surface area (Å²) in [6.45, 7) is 0. The second kappa shape index (κ2) is 5.98. The Balaban J connectivity index is 1.72. The first-order chi connectivity index (χ1) is 9.16. The fourth-order valence-corrected chi connectivity index (χ4v) is 5.97. The molecule has 0 saturated heterocycles. The van der Waals surface area contributed by atoms with E-state index in [9.17, 15) is 4.79 Å². The minimum atomic E-state index is 0.265. The normalized spacial score (nSPS) is 30.9. The molecule has 1 nitrogen and oxygen atoms in total. The summed E-state index contributed by atoms with van der Waals surface area (Å²) in [4.78, 5) is 13.6. The monoisotopic (exact) mass is 404 g/mol. The summed E-state index contributed by atoms with van der Waals surface area (Å²) >= 11 is 8.57. The second-order valence-electron chi connectivity index (χ2n) is 5.91. The summed E-state index contributed by atoms with van der Waals surface area (Å²) in [6.07, 6.45) is 9.03. The molecule has 3 rings (SSSR count). The van der Waals surface area contributed by atoms with Crippen LogP contribution < -0.4 is 0 Å². The Kier molecular flexibility index (Phi) is 4.50. The Morgan fingerprint density at radius 1 is 1.11 bits per heavy atom. The van der Waals surface area contributed by atoms with E-state index in [2.05, 4.69) is 31.9 Å². The van der Waals surface area contributed by atoms with Crippen molar-refractivity contribution < 1.29 is 4.79 Å². The highest BCUT2D eigenvalue weighted by atomic mass is 79.9. The van der Waals surface area contributed by atoms with Crippen molar-refractivity contribution in [3.8, 4) is 0 Å². The summed E-state index contributed by atoms with van der Waals surface area (Å²) < 4.78 is 1.96. The summed E-state index contributed by atoms with van der Waals surface area (Å²) in [5, 5.41) is 2.00. The molecular weight excluding hydrogens is 388 g/mol. The van der Waals surface area contributed by atoms with Crippen LogP contribution in [0.2, 0.25) is 0 Å². The van der Waals surface area contributed by atoms with E-state index in [1.807, 2.05) is 5.38 Å². The van der Waals surface area contributed by atoms with Gasteiger partial charge in [-0.25, -0.2) is 0 Å². The fourth-order valence-electron chi connectivity index (χ4n) is 3.79. The number of hydrogen-bond donors (Lipinski definition) is 0. The third-order valence-electron chi connectivity index (χ3n) is 4.82. The number of halogens is 2. The average molecular weight is 406 g/mol. The predicted octanol–water partition coefficient (Wildman–Crippen LogP) is 6.06. The van der Waals surface area contributed by atoms with Gasteiger partial charge in [-0.1, -0.05) is 25.7 Å². The lowest BCUT2D eigenvalue weighted by molar-refractivity contribution is 0.0767. The molecule has 0 spiro atoms. The number of ketones is 1. The van der Waals surface area contributed by atoms with E-state index in [0.717, 1.165) is 38.5 Å². The number of hydrogen-bond acceptors (Lipinski definition) is 2. The first-order valence-corrected chi connectivity index (χ1v) is 9.60. The molecule has 0 radical (unpaired) electrons. The van der Waals surface area contributed by atoms with Gasteiger partial charge in [0.2, 0.25) is 0 Å². The molecule has 2 aliphatic rings. The number of carbonyl (C=O) groups is 1. The molecule has 0 N–H and O–H groups in total. The van der Waals surface area contributed by atoms with Crippen molar-refractivity contribution in [3.63, 3.8) is 0 Å². The molecule has 1 aromatic heterocycles. The van der Waals surface area contributed by atoms with Crippen molar-refractivity contribution in [2.45, 2.75) is 44.9 Å². The van der Waals surface area contributed by atoms with Crippen molar-refractivity contribution in [3.05, 3.63) is 19.2 Å². The predicted molar refractivity (Wildman–Crippen MR) is 86.8 cm³/mol. The van der Waals surface area contributed by atoms with E-state index in [4.69, 9.17) is 0 Å². The molecule has 4 heteroatoms. The summed E-state index contributed by atoms with van der Waals surface area (Å²) in [6, 6.07) is 0. The van der Waals surface area contributed by atoms with E-state index in [-0.39, 0.29) is 5.92 Å². The molecular formula is C15H18Br2OS. The number of Topliss-reactive ketones (excluding diaryl/α,β-unsaturated/α-hetero) is 1. The highest BCUT2D eigenvalue weighted by Gasteiger charge is 2.36. The first-order valence-electron chi connectivity index (χ1n) is 7.13. The zero-order valence-corrected chi connectivity index (χ0v) is 14.8. The van der Waals surface area contributed by atoms with Gasteiger partial charge in [0.1, 0.15) is 0 Å². The molecule has 19 heavy (non-hydrogen) atoms. The van der Waals surface area contributed by atoms with Gasteiger partial charge in [0.25, 0.3) is 0 Å². The van der Waals surface area contributed by atoms with Crippen LogP contribution in [0.25, 0.3) is 0 Å². The third-order valence-corrected chi connectivity index (χ3v) is 8.36. The van der Waals surface area contributed by atoms with E-state index < -0.39 is 0 Å². The van der Waals surface area contributed by atoms with Crippen LogP contribution in [0.1, 0.15) is 54.6 Å². The molecule has 0 aromatic carbocycles. The van der Waals surface area contributed by atoms with Crippen molar-refractivity contribution in [2.75, 3.05) is 0 Å². The van der Waals surface area contributed by atoms with E-state index in [1.54, 1.807) is 11.3 Å². The topological polar surface area (TPSA) is 17.1 Å². The zero-order chi connectivity index (χ0) is 13.4. The molecule has 3 unspecified atom stereocenters. The van der Waals surface area contributed by atoms with Crippen LogP contribution in [0.3, 0.4) is 0 Å². The average Bonchev–Trinajstić information content (AvgIpc) is 2.78. The SMILES string of the molecule is O=C(c1scc(Br)c1Br)C1CCC2CCCCC2C1. The number of thiophene rings is 1. The molecule has 1 heterocycles. The van der Waals surface area contributed by atoms with Crippen LogP contribution in [0.4, 0.5) is 0 Å². The van der Waals surface area contributed by atoms with Crippen molar-refractivity contribution >= 4 is 49.0 Å². The summed E-state index contributed by atoms with van der Waals surface area (Å²) in [5.41, 5.74) is 0. The minimum absolute atomic E-state index is 0.265. The quantitative estimate of drug-likeness (QED) is 0.546. The Bertz CT molecular complexity index is 482. The fraction of sp³-hybridized carbons (Fsp3) is 0.667. The Labute approximate surface area is 135 Å². The molecule has 2 aliphatic carbocycles. The van der Waals surface area contributed by atoms with Gasteiger partial charge in [-0.3, -0.25) is 4.79 Å². The van der Waals surface area contributed by atoms with Gasteiger partial charge in [0.15, 0.2) is 5.78 Å². The molecule has 0 amide bonds. The Morgan fingerprint density at radius 3 is 2.53 bits per heavy atom. The van der Waals surface area contributed by atoms with Crippen LogP contribution in [-0.2, 0) is 0 Å². The lowest BCUT2D eigenvalue weighted by atomic mass is 9.66. The Morgan fingerprint density at radius 2 is 1.84 bits per heavy atom. The van der Waals surface area contributed by atoms with Gasteiger partial charge in [-0.2, -0.15) is 0 Å². The van der Waals surface area contributed by atoms with Gasteiger partial charge < -0.3 is 0 Å². The third kappa shape index (κ3) is 2.86. The van der Waals surface area contributed by atoms with Gasteiger partial charge in [-0.05, 0) is 63.0 Å². The van der Waals surface area contributed by atoms with Crippen molar-refractivity contribution in [1.29, 1.82) is 0 Å². The van der Waals surface area contributed by atoms with Crippen molar-refractivity contribution in [1.82, 2.24) is 0 Å². The van der Waals surface area contributed by atoms with Crippen molar-refractivity contribution in [2.24, 2.45) is 17.8 Å². The van der Waals surface area contributed by atoms with Crippen LogP contribution >= 0.6 is 43.2 Å². The lowest BCUT2D eigenvalue weighted by Crippen LogP contribution is -2.31. The smallest absolute Gasteiger partial charge is 0.177 e. The maximum Gasteiger partial charge on any atom is 0.177 e. The molecule has 104 valence electrons. The molecule has 2 fully saturated rings. The van der Waals surface area contributed by atoms with Gasteiger partial charge >= 0.3 is 0 Å². The second-order valence-corrected chi connectivity index (χ2v) is 8.43. The maximum absolute atomic E-state index is 12.7. The van der Waals surface area contributed by atoms with E-state index in [0.29, 0.717) is 5.78 Å². The number of fused-ring (bicyclic) bond motifs is 1. The highest BCUT2D eigenvalue weighted by Crippen LogP contribution is 2.44. The largest absolute Gasteiger partial charge is 0.293 e. The minimum Gasteiger partial charge on any atom is -0.293 e.